The lowest BCUT2D eigenvalue weighted by Crippen LogP contribution is -2.48. The van der Waals surface area contributed by atoms with Crippen LogP contribution in [0.4, 0.5) is 0 Å². The van der Waals surface area contributed by atoms with Crippen molar-refractivity contribution in [3.8, 4) is 11.5 Å². The number of aryl methyl sites for hydroxylation is 1. The zero-order valence-corrected chi connectivity index (χ0v) is 24.1. The van der Waals surface area contributed by atoms with Gasteiger partial charge in [0, 0.05) is 45.7 Å². The lowest BCUT2D eigenvalue weighted by Gasteiger charge is -2.35. The van der Waals surface area contributed by atoms with E-state index in [4.69, 9.17) is 9.47 Å². The molecule has 1 unspecified atom stereocenters. The summed E-state index contributed by atoms with van der Waals surface area (Å²) in [5, 5.41) is 10.8. The van der Waals surface area contributed by atoms with Gasteiger partial charge in [0.05, 0.1) is 5.56 Å². The lowest BCUT2D eigenvalue weighted by molar-refractivity contribution is 0.0443. The van der Waals surface area contributed by atoms with Crippen LogP contribution in [0.15, 0.2) is 109 Å². The Labute approximate surface area is 249 Å². The highest BCUT2D eigenvalue weighted by Gasteiger charge is 2.21. The van der Waals surface area contributed by atoms with Gasteiger partial charge in [-0.1, -0.05) is 91.0 Å². The molecular weight excluding hydrogens is 524 g/mol. The normalized spacial score (nSPS) is 14.8. The number of carbonyl (C=O) groups excluding carboxylic acids is 1. The van der Waals surface area contributed by atoms with Gasteiger partial charge < -0.3 is 14.6 Å². The molecule has 0 aromatic heterocycles. The van der Waals surface area contributed by atoms with Crippen LogP contribution in [0, 0.1) is 0 Å². The Bertz CT molecular complexity index is 1370. The molecular formula is C36H40N2O4. The summed E-state index contributed by atoms with van der Waals surface area (Å²) in [6.07, 6.45) is 0.345. The van der Waals surface area contributed by atoms with Crippen molar-refractivity contribution in [3.63, 3.8) is 0 Å². The molecule has 1 saturated heterocycles. The van der Waals surface area contributed by atoms with Crippen LogP contribution in [0.5, 0.6) is 11.5 Å². The topological polar surface area (TPSA) is 62.2 Å². The maximum absolute atomic E-state index is 13.4. The highest BCUT2D eigenvalue weighted by molar-refractivity contribution is 5.99. The van der Waals surface area contributed by atoms with Crippen molar-refractivity contribution in [3.05, 3.63) is 131 Å². The second-order valence-corrected chi connectivity index (χ2v) is 10.9. The minimum absolute atomic E-state index is 0.0111. The third kappa shape index (κ3) is 9.02. The summed E-state index contributed by atoms with van der Waals surface area (Å²) in [7, 11) is 0. The fourth-order valence-electron chi connectivity index (χ4n) is 5.23. The van der Waals surface area contributed by atoms with Crippen molar-refractivity contribution in [1.29, 1.82) is 0 Å². The van der Waals surface area contributed by atoms with Gasteiger partial charge in [-0.2, -0.15) is 0 Å². The maximum atomic E-state index is 13.4. The van der Waals surface area contributed by atoms with E-state index < -0.39 is 6.10 Å². The third-order valence-corrected chi connectivity index (χ3v) is 7.60. The summed E-state index contributed by atoms with van der Waals surface area (Å²) >= 11 is 0. The zero-order chi connectivity index (χ0) is 29.0. The lowest BCUT2D eigenvalue weighted by atomic mass is 10.0. The van der Waals surface area contributed by atoms with E-state index in [1.807, 2.05) is 72.8 Å². The van der Waals surface area contributed by atoms with Gasteiger partial charge in [0.2, 0.25) is 0 Å². The first kappa shape index (κ1) is 29.5. The van der Waals surface area contributed by atoms with E-state index >= 15 is 0 Å². The van der Waals surface area contributed by atoms with E-state index in [9.17, 15) is 9.90 Å². The highest BCUT2D eigenvalue weighted by Crippen LogP contribution is 2.27. The molecule has 0 radical (unpaired) electrons. The molecule has 1 fully saturated rings. The predicted molar refractivity (Wildman–Crippen MR) is 166 cm³/mol. The van der Waals surface area contributed by atoms with Crippen molar-refractivity contribution in [1.82, 2.24) is 9.80 Å². The van der Waals surface area contributed by atoms with E-state index in [-0.39, 0.29) is 12.4 Å². The standard InChI is InChI=1S/C36H40N2O4/c39-32(26-38-22-20-37(21-23-38)25-30-12-6-2-7-13-30)28-42-36-19-17-33(41-27-31-14-8-3-9-15-31)24-34(36)35(40)18-16-29-10-4-1-5-11-29/h1-15,17,19,24,32,39H,16,18,20-23,25-28H2. The van der Waals surface area contributed by atoms with Crippen molar-refractivity contribution in [2.45, 2.75) is 32.1 Å². The van der Waals surface area contributed by atoms with E-state index in [2.05, 4.69) is 34.1 Å². The monoisotopic (exact) mass is 564 g/mol. The minimum atomic E-state index is -0.660. The smallest absolute Gasteiger partial charge is 0.167 e. The van der Waals surface area contributed by atoms with Crippen molar-refractivity contribution >= 4 is 5.78 Å². The minimum Gasteiger partial charge on any atom is -0.490 e. The van der Waals surface area contributed by atoms with Gasteiger partial charge in [0.1, 0.15) is 30.8 Å². The Balaban J connectivity index is 1.16. The number of β-amino-alcohol motifs (C(OH)–C–C–N with tert-alkyl or cyclic N) is 1. The summed E-state index contributed by atoms with van der Waals surface area (Å²) in [6.45, 7) is 5.76. The molecule has 6 nitrogen and oxygen atoms in total. The molecule has 5 rings (SSSR count). The molecule has 4 aromatic rings. The first-order valence-electron chi connectivity index (χ1n) is 14.8. The number of ketones is 1. The molecule has 1 aliphatic heterocycles. The largest absolute Gasteiger partial charge is 0.490 e. The predicted octanol–water partition coefficient (Wildman–Crippen LogP) is 5.64. The molecule has 0 aliphatic carbocycles. The van der Waals surface area contributed by atoms with Crippen LogP contribution in [0.25, 0.3) is 0 Å². The summed E-state index contributed by atoms with van der Waals surface area (Å²) in [5.74, 6) is 1.08. The van der Waals surface area contributed by atoms with Crippen molar-refractivity contribution in [2.24, 2.45) is 0 Å². The summed E-state index contributed by atoms with van der Waals surface area (Å²) < 4.78 is 12.1. The Morgan fingerprint density at radius 1 is 0.714 bits per heavy atom. The molecule has 0 bridgehead atoms. The SMILES string of the molecule is O=C(CCc1ccccc1)c1cc(OCc2ccccc2)ccc1OCC(O)CN1CCN(Cc2ccccc2)CC1. The van der Waals surface area contributed by atoms with Gasteiger partial charge in [-0.25, -0.2) is 0 Å². The van der Waals surface area contributed by atoms with Crippen LogP contribution in [0.2, 0.25) is 0 Å². The third-order valence-electron chi connectivity index (χ3n) is 7.60. The first-order chi connectivity index (χ1) is 20.6. The summed E-state index contributed by atoms with van der Waals surface area (Å²) in [5.41, 5.74) is 3.98. The number of carbonyl (C=O) groups is 1. The molecule has 1 aliphatic rings. The second-order valence-electron chi connectivity index (χ2n) is 10.9. The fourth-order valence-corrected chi connectivity index (χ4v) is 5.23. The molecule has 1 atom stereocenters. The Morgan fingerprint density at radius 3 is 1.98 bits per heavy atom. The van der Waals surface area contributed by atoms with Gasteiger partial charge in [-0.15, -0.1) is 0 Å². The molecule has 1 N–H and O–H groups in total. The number of rotatable bonds is 14. The van der Waals surface area contributed by atoms with Crippen molar-refractivity contribution in [2.75, 3.05) is 39.3 Å². The number of hydrogen-bond donors (Lipinski definition) is 1. The van der Waals surface area contributed by atoms with Gasteiger partial charge in [-0.05, 0) is 41.3 Å². The molecule has 0 saturated carbocycles. The molecule has 0 spiro atoms. The van der Waals surface area contributed by atoms with Gasteiger partial charge >= 0.3 is 0 Å². The fraction of sp³-hybridized carbons (Fsp3) is 0.306. The zero-order valence-electron chi connectivity index (χ0n) is 24.1. The van der Waals surface area contributed by atoms with Crippen LogP contribution in [0.3, 0.4) is 0 Å². The number of aliphatic hydroxyl groups excluding tert-OH is 1. The van der Waals surface area contributed by atoms with E-state index in [0.717, 1.165) is 43.9 Å². The highest BCUT2D eigenvalue weighted by atomic mass is 16.5. The average molecular weight is 565 g/mol. The molecule has 42 heavy (non-hydrogen) atoms. The Morgan fingerprint density at radius 2 is 1.31 bits per heavy atom. The molecule has 218 valence electrons. The molecule has 0 amide bonds. The number of Topliss-reactive ketones (excluding diaryl/α,β-unsaturated/α-hetero) is 1. The number of piperazine rings is 1. The molecule has 4 aromatic carbocycles. The first-order valence-corrected chi connectivity index (χ1v) is 14.8. The average Bonchev–Trinajstić information content (AvgIpc) is 3.04. The Hall–Kier alpha value is -3.97. The quantitative estimate of drug-likeness (QED) is 0.200. The number of hydrogen-bond acceptors (Lipinski definition) is 6. The van der Waals surface area contributed by atoms with Gasteiger partial charge in [0.25, 0.3) is 0 Å². The Kier molecular flexibility index (Phi) is 10.8. The number of aliphatic hydroxyl groups is 1. The number of nitrogens with zero attached hydrogens (tertiary/aromatic N) is 2. The van der Waals surface area contributed by atoms with E-state index in [0.29, 0.717) is 43.1 Å². The van der Waals surface area contributed by atoms with Crippen molar-refractivity contribution < 1.29 is 19.4 Å². The number of benzene rings is 4. The van der Waals surface area contributed by atoms with Gasteiger partial charge in [0.15, 0.2) is 5.78 Å². The van der Waals surface area contributed by atoms with Crippen LogP contribution in [-0.2, 0) is 19.6 Å². The maximum Gasteiger partial charge on any atom is 0.167 e. The van der Waals surface area contributed by atoms with Crippen LogP contribution >= 0.6 is 0 Å². The second kappa shape index (κ2) is 15.3. The van der Waals surface area contributed by atoms with E-state index in [1.54, 1.807) is 12.1 Å². The molecule has 6 heteroatoms. The van der Waals surface area contributed by atoms with E-state index in [1.165, 1.54) is 5.56 Å². The van der Waals surface area contributed by atoms with Gasteiger partial charge in [-0.3, -0.25) is 14.6 Å². The van der Waals surface area contributed by atoms with Crippen LogP contribution in [0.1, 0.15) is 33.5 Å². The summed E-state index contributed by atoms with van der Waals surface area (Å²) in [4.78, 5) is 18.1. The number of ether oxygens (including phenoxy) is 2. The summed E-state index contributed by atoms with van der Waals surface area (Å²) in [6, 6.07) is 35.8. The van der Waals surface area contributed by atoms with Crippen LogP contribution < -0.4 is 9.47 Å². The van der Waals surface area contributed by atoms with Crippen LogP contribution in [-0.4, -0.2) is 66.1 Å². The molecule has 1 heterocycles.